The number of hydrogen-bond acceptors (Lipinski definition) is 4. The largest absolute Gasteiger partial charge is 0.490 e. The molecule has 0 saturated carbocycles. The molecule has 0 aliphatic heterocycles. The van der Waals surface area contributed by atoms with E-state index >= 15 is 0 Å². The predicted molar refractivity (Wildman–Crippen MR) is 112 cm³/mol. The third kappa shape index (κ3) is 5.38. The zero-order valence-electron chi connectivity index (χ0n) is 16.9. The summed E-state index contributed by atoms with van der Waals surface area (Å²) < 4.78 is 13.0. The van der Waals surface area contributed by atoms with Gasteiger partial charge in [0.05, 0.1) is 13.2 Å². The molecule has 0 aliphatic rings. The first-order chi connectivity index (χ1) is 14.2. The van der Waals surface area contributed by atoms with Crippen LogP contribution in [-0.4, -0.2) is 35.4 Å². The quantitative estimate of drug-likeness (QED) is 0.571. The number of benzene rings is 2. The lowest BCUT2D eigenvalue weighted by Gasteiger charge is -2.18. The molecular formula is C23H27N3O3. The molecule has 2 aromatic carbocycles. The molecule has 0 fully saturated rings. The highest BCUT2D eigenvalue weighted by Gasteiger charge is 2.22. The normalized spacial score (nSPS) is 11.7. The van der Waals surface area contributed by atoms with Crippen molar-refractivity contribution < 1.29 is 14.3 Å². The fraction of sp³-hybridized carbons (Fsp3) is 0.304. The van der Waals surface area contributed by atoms with E-state index in [0.717, 1.165) is 22.6 Å². The van der Waals surface area contributed by atoms with Crippen LogP contribution in [0.5, 0.6) is 11.5 Å². The zero-order valence-corrected chi connectivity index (χ0v) is 16.9. The Labute approximate surface area is 171 Å². The van der Waals surface area contributed by atoms with Crippen LogP contribution in [0.2, 0.25) is 0 Å². The number of carbonyl (C=O) groups excluding carboxylic acids is 1. The van der Waals surface area contributed by atoms with Gasteiger partial charge in [0.15, 0.2) is 17.5 Å². The highest BCUT2D eigenvalue weighted by Crippen LogP contribution is 2.28. The summed E-state index contributed by atoms with van der Waals surface area (Å²) in [5, 5.41) is 7.30. The first kappa shape index (κ1) is 20.5. The Kier molecular flexibility index (Phi) is 7.28. The summed E-state index contributed by atoms with van der Waals surface area (Å²) in [7, 11) is 0. The van der Waals surface area contributed by atoms with Crippen molar-refractivity contribution in [2.75, 3.05) is 19.8 Å². The van der Waals surface area contributed by atoms with Gasteiger partial charge in [0, 0.05) is 18.9 Å². The summed E-state index contributed by atoms with van der Waals surface area (Å²) in [6, 6.07) is 16.9. The molecule has 1 aromatic heterocycles. The van der Waals surface area contributed by atoms with Crippen molar-refractivity contribution in [3.05, 3.63) is 78.1 Å². The monoisotopic (exact) mass is 393 g/mol. The summed E-state index contributed by atoms with van der Waals surface area (Å²) in [4.78, 5) is 12.9. The SMILES string of the molecule is CCOc1ccc(CCNC(=O)[C@H](c2ccccc2)n2cccn2)cc1OCC. The second-order valence-electron chi connectivity index (χ2n) is 6.49. The van der Waals surface area contributed by atoms with E-state index in [4.69, 9.17) is 9.47 Å². The molecule has 1 heterocycles. The number of nitrogens with one attached hydrogen (secondary N) is 1. The molecule has 0 bridgehead atoms. The molecule has 6 heteroatoms. The maximum Gasteiger partial charge on any atom is 0.249 e. The minimum absolute atomic E-state index is 0.0872. The van der Waals surface area contributed by atoms with Crippen molar-refractivity contribution in [2.45, 2.75) is 26.3 Å². The molecular weight excluding hydrogens is 366 g/mol. The maximum absolute atomic E-state index is 12.9. The van der Waals surface area contributed by atoms with Crippen LogP contribution in [0.15, 0.2) is 67.0 Å². The molecule has 3 rings (SSSR count). The topological polar surface area (TPSA) is 65.4 Å². The Morgan fingerprint density at radius 3 is 2.48 bits per heavy atom. The Balaban J connectivity index is 1.66. The van der Waals surface area contributed by atoms with E-state index in [1.54, 1.807) is 17.1 Å². The van der Waals surface area contributed by atoms with Crippen molar-refractivity contribution in [3.8, 4) is 11.5 Å². The molecule has 0 unspecified atom stereocenters. The highest BCUT2D eigenvalue weighted by molar-refractivity contribution is 5.83. The van der Waals surface area contributed by atoms with Crippen LogP contribution in [0, 0.1) is 0 Å². The first-order valence-electron chi connectivity index (χ1n) is 9.93. The Morgan fingerprint density at radius 2 is 1.79 bits per heavy atom. The van der Waals surface area contributed by atoms with Crippen LogP contribution in [0.3, 0.4) is 0 Å². The number of nitrogens with zero attached hydrogens (tertiary/aromatic N) is 2. The van der Waals surface area contributed by atoms with E-state index in [1.165, 1.54) is 0 Å². The number of aromatic nitrogens is 2. The van der Waals surface area contributed by atoms with Crippen molar-refractivity contribution in [1.82, 2.24) is 15.1 Å². The first-order valence-corrected chi connectivity index (χ1v) is 9.93. The third-order valence-corrected chi connectivity index (χ3v) is 4.47. The van der Waals surface area contributed by atoms with Crippen LogP contribution in [0.1, 0.15) is 31.0 Å². The van der Waals surface area contributed by atoms with Gasteiger partial charge in [-0.2, -0.15) is 5.10 Å². The van der Waals surface area contributed by atoms with Gasteiger partial charge < -0.3 is 14.8 Å². The van der Waals surface area contributed by atoms with Crippen molar-refractivity contribution in [1.29, 1.82) is 0 Å². The molecule has 6 nitrogen and oxygen atoms in total. The van der Waals surface area contributed by atoms with Gasteiger partial charge in [0.1, 0.15) is 0 Å². The smallest absolute Gasteiger partial charge is 0.249 e. The molecule has 29 heavy (non-hydrogen) atoms. The van der Waals surface area contributed by atoms with Crippen molar-refractivity contribution in [3.63, 3.8) is 0 Å². The average molecular weight is 393 g/mol. The van der Waals surface area contributed by atoms with E-state index in [0.29, 0.717) is 26.2 Å². The van der Waals surface area contributed by atoms with Gasteiger partial charge in [0.2, 0.25) is 5.91 Å². The number of rotatable bonds is 10. The van der Waals surface area contributed by atoms with Gasteiger partial charge >= 0.3 is 0 Å². The third-order valence-electron chi connectivity index (χ3n) is 4.47. The summed E-state index contributed by atoms with van der Waals surface area (Å²) in [5.74, 6) is 1.39. The summed E-state index contributed by atoms with van der Waals surface area (Å²) in [5.41, 5.74) is 1.97. The zero-order chi connectivity index (χ0) is 20.5. The maximum atomic E-state index is 12.9. The van der Waals surface area contributed by atoms with Crippen LogP contribution >= 0.6 is 0 Å². The second kappa shape index (κ2) is 10.3. The molecule has 3 aromatic rings. The van der Waals surface area contributed by atoms with E-state index in [-0.39, 0.29) is 5.91 Å². The molecule has 0 spiro atoms. The molecule has 1 amide bonds. The Hall–Kier alpha value is -3.28. The number of amides is 1. The Bertz CT molecular complexity index is 895. The molecule has 0 aliphatic carbocycles. The van der Waals surface area contributed by atoms with Gasteiger partial charge in [-0.25, -0.2) is 0 Å². The summed E-state index contributed by atoms with van der Waals surface area (Å²) >= 11 is 0. The Morgan fingerprint density at radius 1 is 1.03 bits per heavy atom. The van der Waals surface area contributed by atoms with Gasteiger partial charge in [-0.3, -0.25) is 9.48 Å². The number of carbonyl (C=O) groups is 1. The standard InChI is InChI=1S/C23H27N3O3/c1-3-28-20-12-11-18(17-21(20)29-4-2)13-15-24-23(27)22(26-16-8-14-25-26)19-9-6-5-7-10-19/h5-12,14,16-17,22H,3-4,13,15H2,1-2H3,(H,24,27)/t22-/m0/s1. The molecule has 0 saturated heterocycles. The van der Waals surface area contributed by atoms with Gasteiger partial charge in [0.25, 0.3) is 0 Å². The minimum Gasteiger partial charge on any atom is -0.490 e. The lowest BCUT2D eigenvalue weighted by molar-refractivity contribution is -0.123. The fourth-order valence-corrected chi connectivity index (χ4v) is 3.17. The van der Waals surface area contributed by atoms with Crippen LogP contribution in [0.25, 0.3) is 0 Å². The fourth-order valence-electron chi connectivity index (χ4n) is 3.17. The second-order valence-corrected chi connectivity index (χ2v) is 6.49. The van der Waals surface area contributed by atoms with Crippen LogP contribution < -0.4 is 14.8 Å². The van der Waals surface area contributed by atoms with Crippen molar-refractivity contribution >= 4 is 5.91 Å². The van der Waals surface area contributed by atoms with Crippen molar-refractivity contribution in [2.24, 2.45) is 0 Å². The van der Waals surface area contributed by atoms with Gasteiger partial charge in [-0.15, -0.1) is 0 Å². The summed E-state index contributed by atoms with van der Waals surface area (Å²) in [6.45, 7) is 5.57. The van der Waals surface area contributed by atoms with Crippen LogP contribution in [-0.2, 0) is 11.2 Å². The molecule has 0 radical (unpaired) electrons. The van der Waals surface area contributed by atoms with E-state index < -0.39 is 6.04 Å². The molecule has 1 N–H and O–H groups in total. The molecule has 152 valence electrons. The van der Waals surface area contributed by atoms with E-state index in [1.807, 2.05) is 68.4 Å². The van der Waals surface area contributed by atoms with Gasteiger partial charge in [-0.1, -0.05) is 36.4 Å². The predicted octanol–water partition coefficient (Wildman–Crippen LogP) is 3.63. The minimum atomic E-state index is -0.495. The van der Waals surface area contributed by atoms with E-state index in [2.05, 4.69) is 10.4 Å². The lowest BCUT2D eigenvalue weighted by Crippen LogP contribution is -2.34. The van der Waals surface area contributed by atoms with Gasteiger partial charge in [-0.05, 0) is 49.6 Å². The highest BCUT2D eigenvalue weighted by atomic mass is 16.5. The van der Waals surface area contributed by atoms with E-state index in [9.17, 15) is 4.79 Å². The number of hydrogen-bond donors (Lipinski definition) is 1. The summed E-state index contributed by atoms with van der Waals surface area (Å²) in [6.07, 6.45) is 4.18. The lowest BCUT2D eigenvalue weighted by atomic mass is 10.1. The molecule has 1 atom stereocenters. The number of ether oxygens (including phenoxy) is 2. The average Bonchev–Trinajstić information content (AvgIpc) is 3.25. The van der Waals surface area contributed by atoms with Crippen LogP contribution in [0.4, 0.5) is 0 Å².